The Balaban J connectivity index is 2.27. The Morgan fingerprint density at radius 2 is 2.31 bits per heavy atom. The summed E-state index contributed by atoms with van der Waals surface area (Å²) in [6.07, 6.45) is 2.12. The van der Waals surface area contributed by atoms with Gasteiger partial charge in [-0.1, -0.05) is 0 Å². The van der Waals surface area contributed by atoms with Crippen molar-refractivity contribution in [3.05, 3.63) is 0 Å². The van der Waals surface area contributed by atoms with Crippen LogP contribution in [0.4, 0.5) is 0 Å². The molecule has 0 bridgehead atoms. The Labute approximate surface area is 99.7 Å². The molecule has 2 fully saturated rings. The van der Waals surface area contributed by atoms with Gasteiger partial charge in [-0.05, 0) is 25.0 Å². The van der Waals surface area contributed by atoms with Crippen molar-refractivity contribution < 1.29 is 19.4 Å². The number of methoxy groups -OCH3 is 1. The molecule has 2 aliphatic rings. The van der Waals surface area contributed by atoms with Crippen molar-refractivity contribution in [1.29, 1.82) is 0 Å². The van der Waals surface area contributed by atoms with Gasteiger partial charge in [0.15, 0.2) is 0 Å². The Morgan fingerprint density at radius 3 is 2.81 bits per heavy atom. The lowest BCUT2D eigenvalue weighted by atomic mass is 9.68. The van der Waals surface area contributed by atoms with Crippen LogP contribution < -0.4 is 0 Å². The largest absolute Gasteiger partial charge is 0.468 e. The first kappa shape index (κ1) is 12.2. The Morgan fingerprint density at radius 1 is 1.50 bits per heavy atom. The Hall–Kier alpha value is -0.260. The van der Waals surface area contributed by atoms with Crippen molar-refractivity contribution in [3.63, 3.8) is 0 Å². The zero-order chi connectivity index (χ0) is 11.6. The first-order chi connectivity index (χ1) is 7.65. The quantitative estimate of drug-likeness (QED) is 0.731. The second-order valence-corrected chi connectivity index (χ2v) is 5.67. The van der Waals surface area contributed by atoms with E-state index in [1.807, 2.05) is 0 Å². The standard InChI is InChI=1S/C11H18O4S/c1-14-9(12)10(4-6-16-8-10)11(13)3-2-5-15-7-11/h13H,2-8H2,1H3. The van der Waals surface area contributed by atoms with Crippen LogP contribution in [0.2, 0.25) is 0 Å². The van der Waals surface area contributed by atoms with Crippen LogP contribution in [0.15, 0.2) is 0 Å². The van der Waals surface area contributed by atoms with Gasteiger partial charge in [0.05, 0.1) is 13.7 Å². The minimum absolute atomic E-state index is 0.253. The van der Waals surface area contributed by atoms with Crippen molar-refractivity contribution in [2.45, 2.75) is 24.9 Å². The van der Waals surface area contributed by atoms with Gasteiger partial charge in [0.25, 0.3) is 0 Å². The molecule has 0 spiro atoms. The number of hydrogen-bond donors (Lipinski definition) is 1. The maximum atomic E-state index is 12.0. The molecule has 2 rings (SSSR count). The van der Waals surface area contributed by atoms with E-state index in [1.54, 1.807) is 11.8 Å². The third kappa shape index (κ3) is 1.75. The average molecular weight is 246 g/mol. The summed E-state index contributed by atoms with van der Waals surface area (Å²) in [5.74, 6) is 1.25. The van der Waals surface area contributed by atoms with Gasteiger partial charge in [0, 0.05) is 12.4 Å². The van der Waals surface area contributed by atoms with E-state index in [1.165, 1.54) is 7.11 Å². The van der Waals surface area contributed by atoms with Crippen molar-refractivity contribution in [2.75, 3.05) is 31.8 Å². The molecule has 0 amide bonds. The monoisotopic (exact) mass is 246 g/mol. The Kier molecular flexibility index (Phi) is 3.47. The third-order valence-electron chi connectivity index (χ3n) is 3.71. The predicted molar refractivity (Wildman–Crippen MR) is 61.4 cm³/mol. The maximum absolute atomic E-state index is 12.0. The molecule has 16 heavy (non-hydrogen) atoms. The number of esters is 1. The molecular weight excluding hydrogens is 228 g/mol. The molecule has 0 saturated carbocycles. The number of hydrogen-bond acceptors (Lipinski definition) is 5. The number of ether oxygens (including phenoxy) is 2. The summed E-state index contributed by atoms with van der Waals surface area (Å²) in [5, 5.41) is 10.7. The lowest BCUT2D eigenvalue weighted by Crippen LogP contribution is -2.58. The molecule has 92 valence electrons. The normalized spacial score (nSPS) is 39.6. The van der Waals surface area contributed by atoms with Gasteiger partial charge in [0.2, 0.25) is 0 Å². The summed E-state index contributed by atoms with van der Waals surface area (Å²) in [4.78, 5) is 12.0. The number of carbonyl (C=O) groups is 1. The highest BCUT2D eigenvalue weighted by Crippen LogP contribution is 2.48. The second-order valence-electron chi connectivity index (χ2n) is 4.56. The molecule has 2 aliphatic heterocycles. The van der Waals surface area contributed by atoms with Crippen LogP contribution in [0.5, 0.6) is 0 Å². The van der Waals surface area contributed by atoms with Crippen molar-refractivity contribution in [1.82, 2.24) is 0 Å². The molecule has 0 aromatic heterocycles. The van der Waals surface area contributed by atoms with Crippen LogP contribution in [0, 0.1) is 5.41 Å². The van der Waals surface area contributed by atoms with Gasteiger partial charge in [-0.15, -0.1) is 0 Å². The molecule has 2 heterocycles. The summed E-state index contributed by atoms with van der Waals surface area (Å²) >= 11 is 1.70. The van der Waals surface area contributed by atoms with E-state index < -0.39 is 11.0 Å². The lowest BCUT2D eigenvalue weighted by Gasteiger charge is -2.44. The first-order valence-corrected chi connectivity index (χ1v) is 6.76. The second kappa shape index (κ2) is 4.55. The highest BCUT2D eigenvalue weighted by molar-refractivity contribution is 7.99. The van der Waals surface area contributed by atoms with Crippen molar-refractivity contribution >= 4 is 17.7 Å². The highest BCUT2D eigenvalue weighted by Gasteiger charge is 2.58. The molecule has 2 saturated heterocycles. The zero-order valence-corrected chi connectivity index (χ0v) is 10.3. The smallest absolute Gasteiger partial charge is 0.315 e. The van der Waals surface area contributed by atoms with E-state index in [4.69, 9.17) is 9.47 Å². The van der Waals surface area contributed by atoms with Crippen LogP contribution in [-0.4, -0.2) is 48.5 Å². The van der Waals surface area contributed by atoms with Crippen LogP contribution in [0.1, 0.15) is 19.3 Å². The summed E-state index contributed by atoms with van der Waals surface area (Å²) in [7, 11) is 1.39. The maximum Gasteiger partial charge on any atom is 0.315 e. The van der Waals surface area contributed by atoms with Gasteiger partial charge < -0.3 is 14.6 Å². The molecule has 2 unspecified atom stereocenters. The Bertz CT molecular complexity index is 267. The van der Waals surface area contributed by atoms with Crippen molar-refractivity contribution in [3.8, 4) is 0 Å². The minimum Gasteiger partial charge on any atom is -0.468 e. The average Bonchev–Trinajstić information content (AvgIpc) is 2.80. The number of aliphatic hydroxyl groups is 1. The van der Waals surface area contributed by atoms with E-state index in [2.05, 4.69) is 0 Å². The topological polar surface area (TPSA) is 55.8 Å². The first-order valence-electron chi connectivity index (χ1n) is 5.61. The molecule has 2 atom stereocenters. The fourth-order valence-corrected chi connectivity index (χ4v) is 4.15. The van der Waals surface area contributed by atoms with E-state index in [0.717, 1.165) is 12.2 Å². The molecule has 1 N–H and O–H groups in total. The molecule has 5 heteroatoms. The van der Waals surface area contributed by atoms with Crippen molar-refractivity contribution in [2.24, 2.45) is 5.41 Å². The fourth-order valence-electron chi connectivity index (χ4n) is 2.64. The zero-order valence-electron chi connectivity index (χ0n) is 9.53. The summed E-state index contributed by atoms with van der Waals surface area (Å²) in [6, 6.07) is 0. The minimum atomic E-state index is -1.04. The van der Waals surface area contributed by atoms with Gasteiger partial charge in [-0.3, -0.25) is 4.79 Å². The lowest BCUT2D eigenvalue weighted by molar-refractivity contribution is -0.188. The van der Waals surface area contributed by atoms with E-state index in [9.17, 15) is 9.90 Å². The molecular formula is C11H18O4S. The number of thioether (sulfide) groups is 1. The molecule has 4 nitrogen and oxygen atoms in total. The summed E-state index contributed by atoms with van der Waals surface area (Å²) in [5.41, 5.74) is -1.80. The third-order valence-corrected chi connectivity index (χ3v) is 4.90. The number of carbonyl (C=O) groups excluding carboxylic acids is 1. The molecule has 0 aromatic rings. The van der Waals surface area contributed by atoms with Crippen LogP contribution >= 0.6 is 11.8 Å². The molecule has 0 radical (unpaired) electrons. The van der Waals surface area contributed by atoms with Gasteiger partial charge in [0.1, 0.15) is 11.0 Å². The summed E-state index contributed by atoms with van der Waals surface area (Å²) in [6.45, 7) is 0.926. The summed E-state index contributed by atoms with van der Waals surface area (Å²) < 4.78 is 10.2. The van der Waals surface area contributed by atoms with Crippen LogP contribution in [0.3, 0.4) is 0 Å². The van der Waals surface area contributed by atoms with E-state index in [0.29, 0.717) is 25.2 Å². The van der Waals surface area contributed by atoms with Crippen LogP contribution in [-0.2, 0) is 14.3 Å². The molecule has 0 aromatic carbocycles. The highest BCUT2D eigenvalue weighted by atomic mass is 32.2. The fraction of sp³-hybridized carbons (Fsp3) is 0.909. The molecule has 0 aliphatic carbocycles. The van der Waals surface area contributed by atoms with Crippen LogP contribution in [0.25, 0.3) is 0 Å². The van der Waals surface area contributed by atoms with Gasteiger partial charge in [-0.2, -0.15) is 11.8 Å². The number of rotatable bonds is 2. The predicted octanol–water partition coefficient (Wildman–Crippen LogP) is 0.824. The van der Waals surface area contributed by atoms with Gasteiger partial charge >= 0.3 is 5.97 Å². The van der Waals surface area contributed by atoms with E-state index in [-0.39, 0.29) is 12.6 Å². The van der Waals surface area contributed by atoms with Gasteiger partial charge in [-0.25, -0.2) is 0 Å². The SMILES string of the molecule is COC(=O)C1(C2(O)CCCOC2)CCSC1. The van der Waals surface area contributed by atoms with E-state index >= 15 is 0 Å².